The minimum Gasteiger partial charge on any atom is -0.345 e. The van der Waals surface area contributed by atoms with E-state index in [1.165, 1.54) is 28.6 Å². The lowest BCUT2D eigenvalue weighted by Gasteiger charge is -2.30. The third kappa shape index (κ3) is 5.87. The number of nitrogens with one attached hydrogen (secondary N) is 1. The van der Waals surface area contributed by atoms with Crippen LogP contribution in [-0.4, -0.2) is 38.3 Å². The molecule has 32 heavy (non-hydrogen) atoms. The Morgan fingerprint density at radius 2 is 1.75 bits per heavy atom. The zero-order valence-electron chi connectivity index (χ0n) is 16.8. The first-order valence-electron chi connectivity index (χ1n) is 9.77. The van der Waals surface area contributed by atoms with Gasteiger partial charge in [0.25, 0.3) is 0 Å². The zero-order valence-corrected chi connectivity index (χ0v) is 17.6. The normalized spacial score (nSPS) is 15.6. The summed E-state index contributed by atoms with van der Waals surface area (Å²) in [5.74, 6) is 3.99. The van der Waals surface area contributed by atoms with Crippen LogP contribution in [0.15, 0.2) is 53.4 Å². The summed E-state index contributed by atoms with van der Waals surface area (Å²) in [5.41, 5.74) is -0.607. The number of benzene rings is 2. The van der Waals surface area contributed by atoms with Crippen molar-refractivity contribution in [1.29, 1.82) is 0 Å². The Kier molecular flexibility index (Phi) is 7.21. The number of halogens is 4. The summed E-state index contributed by atoms with van der Waals surface area (Å²) in [7, 11) is -3.76. The van der Waals surface area contributed by atoms with Crippen LogP contribution in [0.4, 0.5) is 17.6 Å². The average Bonchev–Trinajstić information content (AvgIpc) is 2.76. The molecule has 0 spiro atoms. The Labute approximate surface area is 183 Å². The van der Waals surface area contributed by atoms with Crippen molar-refractivity contribution in [3.05, 3.63) is 65.5 Å². The molecular formula is C22H20F4N2O3S. The molecule has 2 aromatic carbocycles. The third-order valence-electron chi connectivity index (χ3n) is 5.05. The van der Waals surface area contributed by atoms with Crippen molar-refractivity contribution in [2.75, 3.05) is 19.6 Å². The number of nitrogens with zero attached hydrogens (tertiary/aromatic N) is 1. The van der Waals surface area contributed by atoms with Gasteiger partial charge in [0.05, 0.1) is 17.0 Å². The summed E-state index contributed by atoms with van der Waals surface area (Å²) >= 11 is 0. The molecule has 1 amide bonds. The van der Waals surface area contributed by atoms with Crippen LogP contribution in [0.25, 0.3) is 0 Å². The molecule has 1 fully saturated rings. The van der Waals surface area contributed by atoms with E-state index in [1.54, 1.807) is 0 Å². The van der Waals surface area contributed by atoms with Crippen molar-refractivity contribution in [1.82, 2.24) is 9.62 Å². The standard InChI is InChI=1S/C22H20F4N2O3S/c23-19-6-8-20(9-7-19)32(30,31)28-13-10-17(11-14-28)21(29)27-12-2-4-16-3-1-5-18(15-16)22(24,25)26/h1,3,5-9,15,17H,10-14H2,(H,27,29). The maximum absolute atomic E-state index is 13.0. The molecule has 3 rings (SSSR count). The monoisotopic (exact) mass is 468 g/mol. The molecule has 170 valence electrons. The van der Waals surface area contributed by atoms with E-state index in [1.807, 2.05) is 0 Å². The van der Waals surface area contributed by atoms with Crippen LogP contribution >= 0.6 is 0 Å². The second-order valence-electron chi connectivity index (χ2n) is 7.23. The van der Waals surface area contributed by atoms with E-state index in [0.717, 1.165) is 24.3 Å². The lowest BCUT2D eigenvalue weighted by atomic mass is 9.97. The first kappa shape index (κ1) is 23.8. The first-order chi connectivity index (χ1) is 15.1. The Morgan fingerprint density at radius 1 is 1.09 bits per heavy atom. The molecule has 0 radical (unpaired) electrons. The van der Waals surface area contributed by atoms with Gasteiger partial charge in [-0.25, -0.2) is 12.8 Å². The van der Waals surface area contributed by atoms with E-state index in [0.29, 0.717) is 12.8 Å². The van der Waals surface area contributed by atoms with Crippen LogP contribution in [0.2, 0.25) is 0 Å². The van der Waals surface area contributed by atoms with Gasteiger partial charge in [0.2, 0.25) is 15.9 Å². The molecule has 5 nitrogen and oxygen atoms in total. The maximum atomic E-state index is 13.0. The molecule has 1 N–H and O–H groups in total. The number of piperidine rings is 1. The van der Waals surface area contributed by atoms with E-state index in [9.17, 15) is 30.8 Å². The summed E-state index contributed by atoms with van der Waals surface area (Å²) in [6.45, 7) is 0.255. The molecule has 1 saturated heterocycles. The van der Waals surface area contributed by atoms with Crippen LogP contribution < -0.4 is 5.32 Å². The largest absolute Gasteiger partial charge is 0.416 e. The Bertz CT molecular complexity index is 1130. The van der Waals surface area contributed by atoms with Gasteiger partial charge in [-0.1, -0.05) is 17.9 Å². The summed E-state index contributed by atoms with van der Waals surface area (Å²) in [5, 5.41) is 2.61. The maximum Gasteiger partial charge on any atom is 0.416 e. The quantitative estimate of drug-likeness (QED) is 0.553. The second kappa shape index (κ2) is 9.71. The highest BCUT2D eigenvalue weighted by atomic mass is 32.2. The predicted octanol–water partition coefficient (Wildman–Crippen LogP) is 3.41. The zero-order chi connectivity index (χ0) is 23.4. The molecular weight excluding hydrogens is 448 g/mol. The van der Waals surface area contributed by atoms with Crippen molar-refractivity contribution in [2.24, 2.45) is 5.92 Å². The number of hydrogen-bond donors (Lipinski definition) is 1. The van der Waals surface area contributed by atoms with Gasteiger partial charge in [-0.2, -0.15) is 17.5 Å². The van der Waals surface area contributed by atoms with Gasteiger partial charge in [0.15, 0.2) is 0 Å². The van der Waals surface area contributed by atoms with Crippen molar-refractivity contribution in [2.45, 2.75) is 23.9 Å². The van der Waals surface area contributed by atoms with E-state index >= 15 is 0 Å². The van der Waals surface area contributed by atoms with Gasteiger partial charge in [0.1, 0.15) is 5.82 Å². The number of sulfonamides is 1. The molecule has 0 atom stereocenters. The molecule has 1 heterocycles. The van der Waals surface area contributed by atoms with E-state index < -0.39 is 33.5 Å². The van der Waals surface area contributed by atoms with Crippen LogP contribution in [-0.2, 0) is 21.0 Å². The molecule has 0 saturated carbocycles. The Morgan fingerprint density at radius 3 is 2.38 bits per heavy atom. The number of hydrogen-bond acceptors (Lipinski definition) is 3. The van der Waals surface area contributed by atoms with Crippen molar-refractivity contribution >= 4 is 15.9 Å². The fourth-order valence-electron chi connectivity index (χ4n) is 3.31. The molecule has 1 aliphatic heterocycles. The topological polar surface area (TPSA) is 66.5 Å². The van der Waals surface area contributed by atoms with Crippen LogP contribution in [0.5, 0.6) is 0 Å². The van der Waals surface area contributed by atoms with Crippen molar-refractivity contribution in [3.63, 3.8) is 0 Å². The highest BCUT2D eigenvalue weighted by molar-refractivity contribution is 7.89. The Hall–Kier alpha value is -2.90. The van der Waals surface area contributed by atoms with Gasteiger partial charge in [-0.05, 0) is 55.3 Å². The lowest BCUT2D eigenvalue weighted by molar-refractivity contribution is -0.137. The summed E-state index contributed by atoms with van der Waals surface area (Å²) in [4.78, 5) is 12.3. The number of carbonyl (C=O) groups is 1. The molecule has 0 aliphatic carbocycles. The van der Waals surface area contributed by atoms with E-state index in [-0.39, 0.29) is 36.0 Å². The van der Waals surface area contributed by atoms with Gasteiger partial charge < -0.3 is 5.32 Å². The van der Waals surface area contributed by atoms with Gasteiger partial charge in [-0.15, -0.1) is 0 Å². The SMILES string of the molecule is O=C(NCC#Cc1cccc(C(F)(F)F)c1)C1CCN(S(=O)(=O)c2ccc(F)cc2)CC1. The highest BCUT2D eigenvalue weighted by Crippen LogP contribution is 2.29. The minimum absolute atomic E-state index is 0.00771. The van der Waals surface area contributed by atoms with Crippen LogP contribution in [0.3, 0.4) is 0 Å². The van der Waals surface area contributed by atoms with Crippen LogP contribution in [0.1, 0.15) is 24.0 Å². The number of rotatable bonds is 4. The van der Waals surface area contributed by atoms with E-state index in [2.05, 4.69) is 17.2 Å². The fraction of sp³-hybridized carbons (Fsp3) is 0.318. The van der Waals surface area contributed by atoms with Gasteiger partial charge in [0, 0.05) is 24.6 Å². The third-order valence-corrected chi connectivity index (χ3v) is 6.96. The summed E-state index contributed by atoms with van der Waals surface area (Å²) < 4.78 is 77.7. The second-order valence-corrected chi connectivity index (χ2v) is 9.17. The minimum atomic E-state index is -4.45. The summed E-state index contributed by atoms with van der Waals surface area (Å²) in [6.07, 6.45) is -3.83. The van der Waals surface area contributed by atoms with Crippen molar-refractivity contribution < 1.29 is 30.8 Å². The Balaban J connectivity index is 1.50. The molecule has 0 unspecified atom stereocenters. The van der Waals surface area contributed by atoms with Crippen molar-refractivity contribution in [3.8, 4) is 11.8 Å². The summed E-state index contributed by atoms with van der Waals surface area (Å²) in [6, 6.07) is 9.16. The smallest absolute Gasteiger partial charge is 0.345 e. The lowest BCUT2D eigenvalue weighted by Crippen LogP contribution is -2.43. The number of amides is 1. The first-order valence-corrected chi connectivity index (χ1v) is 11.2. The van der Waals surface area contributed by atoms with Gasteiger partial charge in [-0.3, -0.25) is 4.79 Å². The predicted molar refractivity (Wildman–Crippen MR) is 109 cm³/mol. The van der Waals surface area contributed by atoms with Gasteiger partial charge >= 0.3 is 6.18 Å². The molecule has 0 bridgehead atoms. The molecule has 1 aliphatic rings. The number of carbonyl (C=O) groups excluding carboxylic acids is 1. The average molecular weight is 468 g/mol. The highest BCUT2D eigenvalue weighted by Gasteiger charge is 2.32. The van der Waals surface area contributed by atoms with E-state index in [4.69, 9.17) is 0 Å². The fourth-order valence-corrected chi connectivity index (χ4v) is 4.78. The molecule has 10 heteroatoms. The number of alkyl halides is 3. The molecule has 2 aromatic rings. The molecule has 0 aromatic heterocycles. The van der Waals surface area contributed by atoms with Crippen LogP contribution in [0, 0.1) is 23.6 Å².